The summed E-state index contributed by atoms with van der Waals surface area (Å²) in [5.74, 6) is 1.36. The first-order chi connectivity index (χ1) is 17.5. The first-order valence-corrected chi connectivity index (χ1v) is 12.0. The first-order valence-electron chi connectivity index (χ1n) is 12.0. The molecule has 184 valence electrons. The van der Waals surface area contributed by atoms with Crippen LogP contribution in [0.5, 0.6) is 0 Å². The Labute approximate surface area is 208 Å². The van der Waals surface area contributed by atoms with Crippen molar-refractivity contribution in [1.82, 2.24) is 25.2 Å². The Balaban J connectivity index is 1.26. The van der Waals surface area contributed by atoms with Gasteiger partial charge in [-0.05, 0) is 54.1 Å². The number of amides is 1. The lowest BCUT2D eigenvalue weighted by atomic mass is 9.99. The number of morpholine rings is 1. The third kappa shape index (κ3) is 3.72. The molecule has 11 nitrogen and oxygen atoms in total. The van der Waals surface area contributed by atoms with E-state index >= 15 is 0 Å². The van der Waals surface area contributed by atoms with Crippen LogP contribution >= 0.6 is 0 Å². The summed E-state index contributed by atoms with van der Waals surface area (Å²) in [6.45, 7) is 7.51. The molecule has 1 saturated heterocycles. The molecule has 1 N–H and O–H groups in total. The number of pyridine rings is 1. The van der Waals surface area contributed by atoms with Gasteiger partial charge in [0.25, 0.3) is 5.91 Å². The largest absolute Gasteiger partial charge is 0.378 e. The maximum absolute atomic E-state index is 13.4. The van der Waals surface area contributed by atoms with Crippen molar-refractivity contribution in [3.8, 4) is 0 Å². The summed E-state index contributed by atoms with van der Waals surface area (Å²) in [4.78, 5) is 26.8. The van der Waals surface area contributed by atoms with Crippen molar-refractivity contribution in [2.75, 3.05) is 48.5 Å². The van der Waals surface area contributed by atoms with Crippen molar-refractivity contribution in [1.29, 1.82) is 0 Å². The van der Waals surface area contributed by atoms with Gasteiger partial charge in [-0.3, -0.25) is 9.79 Å². The Morgan fingerprint density at radius 1 is 1.17 bits per heavy atom. The van der Waals surface area contributed by atoms with E-state index in [0.717, 1.165) is 47.0 Å². The minimum Gasteiger partial charge on any atom is -0.378 e. The second-order valence-electron chi connectivity index (χ2n) is 9.15. The molecular weight excluding hydrogens is 458 g/mol. The van der Waals surface area contributed by atoms with Crippen molar-refractivity contribution in [3.05, 3.63) is 64.5 Å². The van der Waals surface area contributed by atoms with Crippen molar-refractivity contribution < 1.29 is 9.53 Å². The molecule has 1 aromatic carbocycles. The quantitative estimate of drug-likeness (QED) is 0.598. The summed E-state index contributed by atoms with van der Waals surface area (Å²) >= 11 is 0. The predicted octanol–water partition coefficient (Wildman–Crippen LogP) is 2.18. The van der Waals surface area contributed by atoms with Gasteiger partial charge in [0, 0.05) is 48.8 Å². The normalized spacial score (nSPS) is 19.2. The number of aliphatic imine (C=N–C) groups is 1. The van der Waals surface area contributed by atoms with E-state index in [0.29, 0.717) is 37.0 Å². The Bertz CT molecular complexity index is 1400. The fraction of sp³-hybridized carbons (Fsp3) is 0.360. The van der Waals surface area contributed by atoms with Gasteiger partial charge in [0.1, 0.15) is 5.82 Å². The third-order valence-electron chi connectivity index (χ3n) is 7.08. The molecule has 1 fully saturated rings. The van der Waals surface area contributed by atoms with Crippen LogP contribution in [0.4, 0.5) is 17.5 Å². The van der Waals surface area contributed by atoms with E-state index in [2.05, 4.69) is 36.8 Å². The van der Waals surface area contributed by atoms with Gasteiger partial charge >= 0.3 is 0 Å². The third-order valence-corrected chi connectivity index (χ3v) is 7.08. The van der Waals surface area contributed by atoms with Gasteiger partial charge in [-0.1, -0.05) is 11.2 Å². The van der Waals surface area contributed by atoms with Crippen molar-refractivity contribution in [2.45, 2.75) is 26.4 Å². The number of allylic oxidation sites excluding steroid dienone is 1. The highest BCUT2D eigenvalue weighted by Gasteiger charge is 2.32. The average molecular weight is 486 g/mol. The molecule has 1 atom stereocenters. The zero-order valence-electron chi connectivity index (χ0n) is 20.5. The van der Waals surface area contributed by atoms with Crippen LogP contribution < -0.4 is 15.1 Å². The van der Waals surface area contributed by atoms with Crippen LogP contribution in [0.3, 0.4) is 0 Å². The lowest BCUT2D eigenvalue weighted by Crippen LogP contribution is -2.36. The summed E-state index contributed by atoms with van der Waals surface area (Å²) in [6.07, 6.45) is 1.83. The summed E-state index contributed by atoms with van der Waals surface area (Å²) in [6, 6.07) is 9.75. The van der Waals surface area contributed by atoms with Crippen LogP contribution in [-0.2, 0) is 16.1 Å². The van der Waals surface area contributed by atoms with Crippen molar-refractivity contribution >= 4 is 29.1 Å². The van der Waals surface area contributed by atoms with Gasteiger partial charge in [-0.15, -0.1) is 0 Å². The molecule has 0 saturated carbocycles. The molecule has 0 spiro atoms. The topological polar surface area (TPSA) is 114 Å². The van der Waals surface area contributed by atoms with Gasteiger partial charge in [0.05, 0.1) is 37.1 Å². The van der Waals surface area contributed by atoms with E-state index in [1.54, 1.807) is 4.68 Å². The molecule has 0 unspecified atom stereocenters. The number of hydrogen-bond donors (Lipinski definition) is 1. The number of nitrogens with zero attached hydrogens (tertiary/aromatic N) is 8. The second kappa shape index (κ2) is 8.83. The Morgan fingerprint density at radius 2 is 2.00 bits per heavy atom. The zero-order chi connectivity index (χ0) is 24.8. The van der Waals surface area contributed by atoms with Crippen LogP contribution in [0.15, 0.2) is 52.8 Å². The summed E-state index contributed by atoms with van der Waals surface area (Å²) in [7, 11) is 1.86. The van der Waals surface area contributed by atoms with E-state index in [-0.39, 0.29) is 11.9 Å². The van der Waals surface area contributed by atoms with Crippen molar-refractivity contribution in [3.63, 3.8) is 0 Å². The Morgan fingerprint density at radius 3 is 2.83 bits per heavy atom. The minimum absolute atomic E-state index is 0.178. The number of nitrogens with one attached hydrogen (secondary N) is 1. The maximum atomic E-state index is 13.4. The van der Waals surface area contributed by atoms with Crippen LogP contribution in [0, 0.1) is 0 Å². The smallest absolute Gasteiger partial charge is 0.255 e. The number of carbonyl (C=O) groups excluding carboxylic acids is 1. The zero-order valence-corrected chi connectivity index (χ0v) is 20.5. The monoisotopic (exact) mass is 485 g/mol. The first kappa shape index (κ1) is 22.4. The highest BCUT2D eigenvalue weighted by atomic mass is 16.5. The predicted molar refractivity (Wildman–Crippen MR) is 135 cm³/mol. The molecule has 2 aromatic heterocycles. The number of tetrazole rings is 1. The van der Waals surface area contributed by atoms with E-state index in [1.165, 1.54) is 0 Å². The lowest BCUT2D eigenvalue weighted by Gasteiger charge is -2.30. The van der Waals surface area contributed by atoms with Gasteiger partial charge in [-0.2, -0.15) is 0 Å². The van der Waals surface area contributed by atoms with Gasteiger partial charge < -0.3 is 19.9 Å². The maximum Gasteiger partial charge on any atom is 0.255 e. The number of benzene rings is 1. The standard InChI is InChI=1S/C25H27N9O2/c1-15-22(16(2)34-25(32(15)3)29-30-31-34)24(35)28-19-5-4-18-14-27-23(20(18)13-19)17-6-7-26-21(12-17)33-8-10-36-11-9-33/h4-7,12-13,16H,8-11,14H2,1-3H3,(H,28,35)/t16-/m0/s1. The fourth-order valence-electron chi connectivity index (χ4n) is 5.01. The van der Waals surface area contributed by atoms with Crippen LogP contribution in [0.25, 0.3) is 0 Å². The Hall–Kier alpha value is -4.12. The summed E-state index contributed by atoms with van der Waals surface area (Å²) in [5, 5.41) is 15.0. The van der Waals surface area contributed by atoms with Crippen LogP contribution in [-0.4, -0.2) is 70.2 Å². The minimum atomic E-state index is -0.284. The van der Waals surface area contributed by atoms with Gasteiger partial charge in [0.2, 0.25) is 5.95 Å². The van der Waals surface area contributed by atoms with E-state index in [1.807, 2.05) is 56.3 Å². The molecule has 6 rings (SSSR count). The van der Waals surface area contributed by atoms with E-state index in [4.69, 9.17) is 9.73 Å². The second-order valence-corrected chi connectivity index (χ2v) is 9.15. The number of carbonyl (C=O) groups is 1. The van der Waals surface area contributed by atoms with Gasteiger partial charge in [0.15, 0.2) is 0 Å². The number of rotatable bonds is 4. The average Bonchev–Trinajstić information content (AvgIpc) is 3.56. The van der Waals surface area contributed by atoms with E-state index < -0.39 is 0 Å². The highest BCUT2D eigenvalue weighted by Crippen LogP contribution is 2.33. The molecule has 36 heavy (non-hydrogen) atoms. The molecule has 0 radical (unpaired) electrons. The molecule has 11 heteroatoms. The summed E-state index contributed by atoms with van der Waals surface area (Å²) in [5.41, 5.74) is 6.24. The Kier molecular flexibility index (Phi) is 5.48. The SMILES string of the molecule is CC1=C(C(=O)Nc2ccc3c(c2)C(c2ccnc(N4CCOCC4)c2)=NC3)[C@H](C)n2nnnc2N1C. The molecule has 0 aliphatic carbocycles. The number of fused-ring (bicyclic) bond motifs is 2. The fourth-order valence-corrected chi connectivity index (χ4v) is 5.01. The lowest BCUT2D eigenvalue weighted by molar-refractivity contribution is -0.113. The molecule has 5 heterocycles. The molecule has 1 amide bonds. The molecule has 3 aliphatic rings. The number of anilines is 3. The molecular formula is C25H27N9O2. The number of hydrogen-bond acceptors (Lipinski definition) is 9. The molecule has 0 bridgehead atoms. The van der Waals surface area contributed by atoms with Gasteiger partial charge in [-0.25, -0.2) is 9.67 Å². The number of aromatic nitrogens is 5. The van der Waals surface area contributed by atoms with Crippen LogP contribution in [0.1, 0.15) is 36.6 Å². The molecule has 3 aromatic rings. The van der Waals surface area contributed by atoms with Crippen molar-refractivity contribution in [2.24, 2.45) is 4.99 Å². The molecule has 3 aliphatic heterocycles. The van der Waals surface area contributed by atoms with Crippen LogP contribution in [0.2, 0.25) is 0 Å². The van der Waals surface area contributed by atoms with E-state index in [9.17, 15) is 4.79 Å². The summed E-state index contributed by atoms with van der Waals surface area (Å²) < 4.78 is 7.13. The number of ether oxygens (including phenoxy) is 1. The highest BCUT2D eigenvalue weighted by molar-refractivity contribution is 6.16.